The molecular formula is C48H56N4O6S6. The number of hydrogen-bond donors (Lipinski definition) is 2. The number of rotatable bonds is 14. The molecule has 6 aromatic rings. The van der Waals surface area contributed by atoms with E-state index in [9.17, 15) is 27.0 Å². The highest BCUT2D eigenvalue weighted by atomic mass is 32.3. The van der Waals surface area contributed by atoms with Gasteiger partial charge < -0.3 is 20.0 Å². The molecule has 2 saturated heterocycles. The predicted molar refractivity (Wildman–Crippen MR) is 266 cm³/mol. The van der Waals surface area contributed by atoms with Gasteiger partial charge >= 0.3 is 0 Å². The van der Waals surface area contributed by atoms with Crippen LogP contribution in [0.5, 0.6) is 0 Å². The van der Waals surface area contributed by atoms with Crippen LogP contribution in [-0.4, -0.2) is 98.5 Å². The van der Waals surface area contributed by atoms with Gasteiger partial charge in [-0.1, -0.05) is 72.8 Å². The van der Waals surface area contributed by atoms with Crippen LogP contribution in [0.3, 0.4) is 0 Å². The largest absolute Gasteiger partial charge is 0.386 e. The second kappa shape index (κ2) is 20.9. The fourth-order valence-corrected chi connectivity index (χ4v) is 14.9. The molecule has 8 rings (SSSR count). The third kappa shape index (κ3) is 12.0. The first-order chi connectivity index (χ1) is 30.5. The Kier molecular flexibility index (Phi) is 15.7. The second-order valence-electron chi connectivity index (χ2n) is 16.7. The maximum absolute atomic E-state index is 13.1. The average Bonchev–Trinajstić information content (AvgIpc) is 4.06. The molecule has 340 valence electrons. The molecule has 2 atom stereocenters. The zero-order valence-electron chi connectivity index (χ0n) is 36.4. The molecule has 2 aliphatic rings. The number of thioether (sulfide) groups is 2. The van der Waals surface area contributed by atoms with Crippen LogP contribution in [0.15, 0.2) is 162 Å². The lowest BCUT2D eigenvalue weighted by atomic mass is 9.98. The van der Waals surface area contributed by atoms with Crippen LogP contribution in [-0.2, 0) is 31.2 Å². The summed E-state index contributed by atoms with van der Waals surface area (Å²) in [4.78, 5) is 6.93. The molecule has 0 bridgehead atoms. The molecular weight excluding hydrogens is 921 g/mol. The van der Waals surface area contributed by atoms with E-state index in [1.807, 2.05) is 84.9 Å². The van der Waals surface area contributed by atoms with Crippen molar-refractivity contribution in [2.75, 3.05) is 60.6 Å². The number of aliphatic hydroxyl groups is 2. The van der Waals surface area contributed by atoms with Crippen LogP contribution in [0.25, 0.3) is 0 Å². The Morgan fingerprint density at radius 2 is 0.875 bits per heavy atom. The molecule has 2 fully saturated rings. The number of nitrogens with zero attached hydrogens (tertiary/aromatic N) is 4. The summed E-state index contributed by atoms with van der Waals surface area (Å²) in [6.07, 6.45) is 0. The van der Waals surface area contributed by atoms with Gasteiger partial charge in [0.05, 0.1) is 23.3 Å². The molecule has 64 heavy (non-hydrogen) atoms. The van der Waals surface area contributed by atoms with Gasteiger partial charge in [-0.3, -0.25) is 0 Å². The SMILES string of the molecule is CC(C)(O)c1ccc(N2CCN(S(=O)(=O)c3cccs3)C[C@@H]2CSc2ccccc2)cc1.CC(C)(O)c1ccc(N2CCN(S(=O)(=O)c3cccs3)C[C@@H]2CSc2ccccc2)cc1. The number of hydrogen-bond acceptors (Lipinski definition) is 12. The number of piperazine rings is 2. The molecule has 2 N–H and O–H groups in total. The Morgan fingerprint density at radius 1 is 0.516 bits per heavy atom. The van der Waals surface area contributed by atoms with Crippen molar-refractivity contribution in [3.8, 4) is 0 Å². The Morgan fingerprint density at radius 3 is 1.19 bits per heavy atom. The maximum Gasteiger partial charge on any atom is 0.252 e. The van der Waals surface area contributed by atoms with Crippen molar-refractivity contribution in [1.29, 1.82) is 0 Å². The lowest BCUT2D eigenvalue weighted by Crippen LogP contribution is -2.55. The summed E-state index contributed by atoms with van der Waals surface area (Å²) in [5.41, 5.74) is 2.02. The molecule has 0 aliphatic carbocycles. The Labute approximate surface area is 395 Å². The first kappa shape index (κ1) is 48.3. The minimum absolute atomic E-state index is 0.0247. The Balaban J connectivity index is 0.000000191. The van der Waals surface area contributed by atoms with Crippen LogP contribution < -0.4 is 9.80 Å². The van der Waals surface area contributed by atoms with Crippen LogP contribution in [0.4, 0.5) is 11.4 Å². The normalized spacial score (nSPS) is 18.1. The van der Waals surface area contributed by atoms with Gasteiger partial charge in [0.25, 0.3) is 20.0 Å². The summed E-state index contributed by atoms with van der Waals surface area (Å²) >= 11 is 6.01. The van der Waals surface area contributed by atoms with Gasteiger partial charge in [-0.15, -0.1) is 46.2 Å². The molecule has 4 aromatic carbocycles. The third-order valence-electron chi connectivity index (χ3n) is 11.3. The Hall–Kier alpha value is -3.68. The van der Waals surface area contributed by atoms with E-state index >= 15 is 0 Å². The van der Waals surface area contributed by atoms with Gasteiger partial charge in [-0.2, -0.15) is 8.61 Å². The van der Waals surface area contributed by atoms with Crippen LogP contribution in [0.1, 0.15) is 38.8 Å². The lowest BCUT2D eigenvalue weighted by molar-refractivity contribution is 0.0780. The van der Waals surface area contributed by atoms with Gasteiger partial charge in [0.2, 0.25) is 0 Å². The zero-order chi connectivity index (χ0) is 45.5. The molecule has 0 saturated carbocycles. The van der Waals surface area contributed by atoms with E-state index in [4.69, 9.17) is 0 Å². The molecule has 2 aromatic heterocycles. The highest BCUT2D eigenvalue weighted by Gasteiger charge is 2.37. The standard InChI is InChI=1S/2C24H28N2O3S3/c2*1-24(2,27)19-10-12-20(13-11-19)26-15-14-25(32(28,29)23-9-6-16-30-23)17-21(26)18-31-22-7-4-3-5-8-22/h2*3-13,16,21,27H,14-15,17-18H2,1-2H3/t2*21-/m11/s1. The number of benzene rings is 4. The van der Waals surface area contributed by atoms with E-state index in [1.165, 1.54) is 32.5 Å². The molecule has 0 unspecified atom stereocenters. The zero-order valence-corrected chi connectivity index (χ0v) is 41.3. The highest BCUT2D eigenvalue weighted by molar-refractivity contribution is 7.99. The van der Waals surface area contributed by atoms with Crippen molar-refractivity contribution in [3.05, 3.63) is 155 Å². The van der Waals surface area contributed by atoms with Gasteiger partial charge in [-0.05, 0) is 110 Å². The summed E-state index contributed by atoms with van der Waals surface area (Å²) in [7, 11) is -6.97. The van der Waals surface area contributed by atoms with Crippen LogP contribution in [0, 0.1) is 0 Å². The van der Waals surface area contributed by atoms with E-state index in [-0.39, 0.29) is 12.1 Å². The topological polar surface area (TPSA) is 122 Å². The molecule has 16 heteroatoms. The van der Waals surface area contributed by atoms with Gasteiger partial charge in [0, 0.05) is 71.9 Å². The predicted octanol–water partition coefficient (Wildman–Crippen LogP) is 9.29. The van der Waals surface area contributed by atoms with Crippen molar-refractivity contribution >= 4 is 77.6 Å². The van der Waals surface area contributed by atoms with E-state index in [2.05, 4.69) is 34.1 Å². The smallest absolute Gasteiger partial charge is 0.252 e. The van der Waals surface area contributed by atoms with Crippen LogP contribution >= 0.6 is 46.2 Å². The van der Waals surface area contributed by atoms with Crippen molar-refractivity contribution in [2.45, 2.75) is 69.2 Å². The molecule has 2 aliphatic heterocycles. The first-order valence-electron chi connectivity index (χ1n) is 21.1. The van der Waals surface area contributed by atoms with Crippen molar-refractivity contribution in [1.82, 2.24) is 8.61 Å². The highest BCUT2D eigenvalue weighted by Crippen LogP contribution is 2.33. The molecule has 4 heterocycles. The van der Waals surface area contributed by atoms with Crippen molar-refractivity contribution in [3.63, 3.8) is 0 Å². The minimum atomic E-state index is -3.48. The summed E-state index contributed by atoms with van der Waals surface area (Å²) in [6, 6.07) is 43.2. The second-order valence-corrected chi connectivity index (χ2v) is 25.2. The number of anilines is 2. The van der Waals surface area contributed by atoms with E-state index in [0.29, 0.717) is 47.7 Å². The average molecular weight is 977 g/mol. The van der Waals surface area contributed by atoms with Crippen LogP contribution in [0.2, 0.25) is 0 Å². The summed E-state index contributed by atoms with van der Waals surface area (Å²) < 4.78 is 56.6. The monoisotopic (exact) mass is 976 g/mol. The Bertz CT molecular complexity index is 2400. The molecule has 10 nitrogen and oxygen atoms in total. The number of thiophene rings is 2. The van der Waals surface area contributed by atoms with E-state index in [1.54, 1.807) is 94.9 Å². The maximum atomic E-state index is 13.1. The van der Waals surface area contributed by atoms with Crippen molar-refractivity contribution in [2.24, 2.45) is 0 Å². The summed E-state index contributed by atoms with van der Waals surface area (Å²) in [6.45, 7) is 10.1. The molecule has 0 amide bonds. The molecule has 0 spiro atoms. The summed E-state index contributed by atoms with van der Waals surface area (Å²) in [5.74, 6) is 1.54. The van der Waals surface area contributed by atoms with Crippen molar-refractivity contribution < 1.29 is 27.0 Å². The molecule has 0 radical (unpaired) electrons. The van der Waals surface area contributed by atoms with E-state index in [0.717, 1.165) is 34.0 Å². The number of sulfonamides is 2. The minimum Gasteiger partial charge on any atom is -0.386 e. The van der Waals surface area contributed by atoms with Gasteiger partial charge in [0.15, 0.2) is 0 Å². The fraction of sp³-hybridized carbons (Fsp3) is 0.333. The van der Waals surface area contributed by atoms with E-state index < -0.39 is 31.2 Å². The quantitative estimate of drug-likeness (QED) is 0.102. The first-order valence-corrected chi connectivity index (χ1v) is 27.7. The third-order valence-corrected chi connectivity index (χ3v) is 20.0. The lowest BCUT2D eigenvalue weighted by Gasteiger charge is -2.42. The summed E-state index contributed by atoms with van der Waals surface area (Å²) in [5, 5.41) is 24.2. The van der Waals surface area contributed by atoms with Gasteiger partial charge in [0.1, 0.15) is 8.42 Å². The van der Waals surface area contributed by atoms with Gasteiger partial charge in [-0.25, -0.2) is 16.8 Å². The fourth-order valence-electron chi connectivity index (χ4n) is 7.67.